The minimum absolute atomic E-state index is 0.142. The molecule has 3 aromatic rings. The summed E-state index contributed by atoms with van der Waals surface area (Å²) in [6.45, 7) is 1.89. The highest BCUT2D eigenvalue weighted by atomic mass is 32.2. The minimum Gasteiger partial charge on any atom is -0.497 e. The van der Waals surface area contributed by atoms with E-state index >= 15 is 0 Å². The number of benzene rings is 3. The third-order valence-electron chi connectivity index (χ3n) is 5.38. The monoisotopic (exact) mass is 454 g/mol. The Balaban J connectivity index is 1.82. The Morgan fingerprint density at radius 1 is 0.938 bits per heavy atom. The van der Waals surface area contributed by atoms with E-state index in [0.29, 0.717) is 34.8 Å². The molecule has 8 heteroatoms. The van der Waals surface area contributed by atoms with Gasteiger partial charge in [0.15, 0.2) is 0 Å². The highest BCUT2D eigenvalue weighted by molar-refractivity contribution is 7.89. The Labute approximate surface area is 187 Å². The fourth-order valence-corrected chi connectivity index (χ4v) is 5.04. The second kappa shape index (κ2) is 8.63. The second-order valence-electron chi connectivity index (χ2n) is 7.51. The van der Waals surface area contributed by atoms with Crippen LogP contribution in [0.2, 0.25) is 0 Å². The number of aryl methyl sites for hydroxylation is 1. The molecule has 6 nitrogen and oxygen atoms in total. The van der Waals surface area contributed by atoms with Gasteiger partial charge in [-0.25, -0.2) is 4.39 Å². The van der Waals surface area contributed by atoms with E-state index in [1.165, 1.54) is 12.1 Å². The molecule has 1 aliphatic rings. The third kappa shape index (κ3) is 4.18. The first kappa shape index (κ1) is 21.8. The van der Waals surface area contributed by atoms with Crippen LogP contribution in [-0.2, 0) is 10.0 Å². The summed E-state index contributed by atoms with van der Waals surface area (Å²) in [4.78, 5) is 0.142. The number of rotatable bonds is 6. The van der Waals surface area contributed by atoms with Crippen LogP contribution in [0.25, 0.3) is 0 Å². The molecule has 0 saturated carbocycles. The van der Waals surface area contributed by atoms with Crippen molar-refractivity contribution in [3.63, 3.8) is 0 Å². The Kier molecular flexibility index (Phi) is 5.88. The van der Waals surface area contributed by atoms with Crippen LogP contribution in [0.4, 0.5) is 4.39 Å². The van der Waals surface area contributed by atoms with Gasteiger partial charge in [0.2, 0.25) is 0 Å². The molecule has 0 N–H and O–H groups in total. The van der Waals surface area contributed by atoms with E-state index < -0.39 is 21.9 Å². The summed E-state index contributed by atoms with van der Waals surface area (Å²) in [6, 6.07) is 17.1. The number of hydrazone groups is 1. The molecule has 0 radical (unpaired) electrons. The molecule has 0 fully saturated rings. The molecule has 4 rings (SSSR count). The van der Waals surface area contributed by atoms with Gasteiger partial charge in [0, 0.05) is 18.1 Å². The smallest absolute Gasteiger partial charge is 0.279 e. The van der Waals surface area contributed by atoms with Crippen molar-refractivity contribution in [1.29, 1.82) is 0 Å². The van der Waals surface area contributed by atoms with Gasteiger partial charge in [0.05, 0.1) is 30.9 Å². The van der Waals surface area contributed by atoms with Gasteiger partial charge in [-0.1, -0.05) is 29.8 Å². The van der Waals surface area contributed by atoms with Crippen molar-refractivity contribution < 1.29 is 22.3 Å². The zero-order valence-electron chi connectivity index (χ0n) is 17.9. The molecule has 166 valence electrons. The Morgan fingerprint density at radius 3 is 2.09 bits per heavy atom. The van der Waals surface area contributed by atoms with Crippen molar-refractivity contribution in [2.75, 3.05) is 14.2 Å². The highest BCUT2D eigenvalue weighted by Gasteiger charge is 2.38. The van der Waals surface area contributed by atoms with E-state index in [0.717, 1.165) is 9.98 Å². The summed E-state index contributed by atoms with van der Waals surface area (Å²) in [5.41, 5.74) is 2.85. The van der Waals surface area contributed by atoms with Crippen LogP contribution in [-0.4, -0.2) is 32.8 Å². The van der Waals surface area contributed by atoms with E-state index in [1.807, 2.05) is 6.92 Å². The molecule has 0 aliphatic carbocycles. The van der Waals surface area contributed by atoms with E-state index in [2.05, 4.69) is 5.10 Å². The lowest BCUT2D eigenvalue weighted by Crippen LogP contribution is -2.27. The predicted octanol–water partition coefficient (Wildman–Crippen LogP) is 4.69. The number of halogens is 1. The fraction of sp³-hybridized carbons (Fsp3) is 0.208. The topological polar surface area (TPSA) is 68.2 Å². The lowest BCUT2D eigenvalue weighted by Gasteiger charge is -2.23. The van der Waals surface area contributed by atoms with Crippen molar-refractivity contribution in [1.82, 2.24) is 4.41 Å². The summed E-state index contributed by atoms with van der Waals surface area (Å²) < 4.78 is 52.4. The van der Waals surface area contributed by atoms with E-state index in [-0.39, 0.29) is 4.90 Å². The van der Waals surface area contributed by atoms with Crippen molar-refractivity contribution in [3.05, 3.63) is 89.2 Å². The van der Waals surface area contributed by atoms with Crippen LogP contribution in [0.5, 0.6) is 11.5 Å². The zero-order valence-corrected chi connectivity index (χ0v) is 18.8. The number of ether oxygens (including phenoxy) is 2. The average molecular weight is 455 g/mol. The molecule has 1 heterocycles. The molecule has 0 unspecified atom stereocenters. The molecule has 0 spiro atoms. The molecule has 3 aromatic carbocycles. The van der Waals surface area contributed by atoms with Gasteiger partial charge < -0.3 is 9.47 Å². The lowest BCUT2D eigenvalue weighted by atomic mass is 9.99. The maximum atomic E-state index is 13.5. The van der Waals surface area contributed by atoms with Crippen molar-refractivity contribution >= 4 is 15.7 Å². The van der Waals surface area contributed by atoms with Crippen LogP contribution < -0.4 is 9.47 Å². The van der Waals surface area contributed by atoms with Crippen LogP contribution in [0.1, 0.15) is 29.2 Å². The first-order chi connectivity index (χ1) is 15.3. The van der Waals surface area contributed by atoms with Crippen LogP contribution >= 0.6 is 0 Å². The molecule has 1 atom stereocenters. The van der Waals surface area contributed by atoms with Crippen molar-refractivity contribution in [3.8, 4) is 11.5 Å². The van der Waals surface area contributed by atoms with Crippen molar-refractivity contribution in [2.45, 2.75) is 24.3 Å². The minimum atomic E-state index is -3.95. The second-order valence-corrected chi connectivity index (χ2v) is 9.31. The first-order valence-corrected chi connectivity index (χ1v) is 11.4. The largest absolute Gasteiger partial charge is 0.497 e. The number of hydrogen-bond donors (Lipinski definition) is 0. The average Bonchev–Trinajstić information content (AvgIpc) is 3.26. The summed E-state index contributed by atoms with van der Waals surface area (Å²) >= 11 is 0. The van der Waals surface area contributed by atoms with Gasteiger partial charge in [-0.05, 0) is 48.9 Å². The molecular weight excluding hydrogens is 431 g/mol. The van der Waals surface area contributed by atoms with Gasteiger partial charge in [-0.15, -0.1) is 0 Å². The number of nitrogens with zero attached hydrogens (tertiary/aromatic N) is 2. The molecule has 0 aromatic heterocycles. The molecular formula is C24H23FN2O4S. The summed E-state index contributed by atoms with van der Waals surface area (Å²) in [6.07, 6.45) is 0.313. The van der Waals surface area contributed by atoms with E-state index in [1.54, 1.807) is 68.8 Å². The van der Waals surface area contributed by atoms with Gasteiger partial charge in [-0.2, -0.15) is 17.9 Å². The summed E-state index contributed by atoms with van der Waals surface area (Å²) in [5, 5.41) is 4.52. The summed E-state index contributed by atoms with van der Waals surface area (Å²) in [7, 11) is -0.853. The van der Waals surface area contributed by atoms with Gasteiger partial charge in [0.25, 0.3) is 10.0 Å². The third-order valence-corrected chi connectivity index (χ3v) is 7.07. The first-order valence-electron chi connectivity index (χ1n) is 9.99. The van der Waals surface area contributed by atoms with Gasteiger partial charge >= 0.3 is 0 Å². The van der Waals surface area contributed by atoms with Gasteiger partial charge in [-0.3, -0.25) is 0 Å². The standard InChI is InChI=1S/C24H23FN2O4S/c1-16-4-10-22(11-5-16)32(28,29)27-24(17-6-8-19(25)9-7-17)15-23(26-27)18-12-20(30-2)14-21(13-18)31-3/h4-14,24H,15H2,1-3H3/t24-/m0/s1. The normalized spacial score (nSPS) is 16.1. The molecule has 1 aliphatic heterocycles. The summed E-state index contributed by atoms with van der Waals surface area (Å²) in [5.74, 6) is 0.749. The Morgan fingerprint density at radius 2 is 1.53 bits per heavy atom. The molecule has 32 heavy (non-hydrogen) atoms. The number of methoxy groups -OCH3 is 2. The zero-order chi connectivity index (χ0) is 22.9. The van der Waals surface area contributed by atoms with Crippen molar-refractivity contribution in [2.24, 2.45) is 5.10 Å². The molecule has 0 amide bonds. The lowest BCUT2D eigenvalue weighted by molar-refractivity contribution is 0.371. The number of hydrogen-bond acceptors (Lipinski definition) is 5. The van der Waals surface area contributed by atoms with Gasteiger partial charge in [0.1, 0.15) is 17.3 Å². The molecule has 0 bridgehead atoms. The van der Waals surface area contributed by atoms with E-state index in [9.17, 15) is 12.8 Å². The maximum absolute atomic E-state index is 13.5. The highest BCUT2D eigenvalue weighted by Crippen LogP contribution is 2.38. The Hall–Kier alpha value is -3.39. The molecule has 0 saturated heterocycles. The fourth-order valence-electron chi connectivity index (χ4n) is 3.61. The SMILES string of the molecule is COc1cc(OC)cc(C2=NN(S(=O)(=O)c3ccc(C)cc3)[C@H](c3ccc(F)cc3)C2)c1. The van der Waals surface area contributed by atoms with Crippen LogP contribution in [0, 0.1) is 12.7 Å². The predicted molar refractivity (Wildman–Crippen MR) is 120 cm³/mol. The quantitative estimate of drug-likeness (QED) is 0.542. The van der Waals surface area contributed by atoms with Crippen LogP contribution in [0.15, 0.2) is 76.7 Å². The Bertz CT molecular complexity index is 1230. The maximum Gasteiger partial charge on any atom is 0.279 e. The number of sulfonamides is 1. The van der Waals surface area contributed by atoms with Crippen LogP contribution in [0.3, 0.4) is 0 Å². The van der Waals surface area contributed by atoms with E-state index in [4.69, 9.17) is 9.47 Å².